The van der Waals surface area contributed by atoms with Crippen molar-refractivity contribution in [2.45, 2.75) is 13.3 Å². The molecular weight excluding hydrogens is 252 g/mol. The number of amides is 1. The molecule has 2 aromatic rings. The summed E-state index contributed by atoms with van der Waals surface area (Å²) in [6, 6.07) is 11.1. The average molecular weight is 268 g/mol. The molecule has 0 aliphatic rings. The van der Waals surface area contributed by atoms with Crippen LogP contribution < -0.4 is 5.32 Å². The summed E-state index contributed by atoms with van der Waals surface area (Å²) in [7, 11) is 1.58. The number of pyridine rings is 1. The van der Waals surface area contributed by atoms with E-state index in [9.17, 15) is 9.59 Å². The predicted octanol–water partition coefficient (Wildman–Crippen LogP) is 2.23. The first-order valence-electron chi connectivity index (χ1n) is 6.37. The topological polar surface area (TPSA) is 59.1 Å². The number of aromatic nitrogens is 1. The molecule has 2 rings (SSSR count). The third-order valence-electron chi connectivity index (χ3n) is 3.05. The highest BCUT2D eigenvalue weighted by atomic mass is 16.1. The summed E-state index contributed by atoms with van der Waals surface area (Å²) in [5.41, 5.74) is 3.21. The van der Waals surface area contributed by atoms with E-state index in [2.05, 4.69) is 10.3 Å². The van der Waals surface area contributed by atoms with Crippen molar-refractivity contribution in [3.8, 4) is 0 Å². The van der Waals surface area contributed by atoms with Crippen LogP contribution in [0.5, 0.6) is 0 Å². The number of nitrogens with zero attached hydrogens (tertiary/aromatic N) is 1. The van der Waals surface area contributed by atoms with Gasteiger partial charge in [0.1, 0.15) is 5.69 Å². The van der Waals surface area contributed by atoms with Crippen LogP contribution >= 0.6 is 0 Å². The highest BCUT2D eigenvalue weighted by Gasteiger charge is 2.06. The normalized spacial score (nSPS) is 10.1. The third-order valence-corrected chi connectivity index (χ3v) is 3.05. The van der Waals surface area contributed by atoms with E-state index < -0.39 is 0 Å². The van der Waals surface area contributed by atoms with Crippen LogP contribution in [0.1, 0.15) is 38.9 Å². The van der Waals surface area contributed by atoms with Crippen LogP contribution in [0.4, 0.5) is 0 Å². The van der Waals surface area contributed by atoms with Gasteiger partial charge in [-0.15, -0.1) is 0 Å². The van der Waals surface area contributed by atoms with Crippen molar-refractivity contribution in [2.24, 2.45) is 0 Å². The molecule has 0 spiro atoms. The van der Waals surface area contributed by atoms with Crippen molar-refractivity contribution >= 4 is 11.7 Å². The molecular formula is C16H16N2O2. The predicted molar refractivity (Wildman–Crippen MR) is 76.9 cm³/mol. The summed E-state index contributed by atoms with van der Waals surface area (Å²) in [5.74, 6) is -0.138. The van der Waals surface area contributed by atoms with Crippen molar-refractivity contribution in [1.29, 1.82) is 0 Å². The van der Waals surface area contributed by atoms with E-state index >= 15 is 0 Å². The lowest BCUT2D eigenvalue weighted by Gasteiger charge is -2.05. The number of carbonyl (C=O) groups excluding carboxylic acids is 2. The maximum absolute atomic E-state index is 11.5. The van der Waals surface area contributed by atoms with Gasteiger partial charge in [0.25, 0.3) is 5.91 Å². The van der Waals surface area contributed by atoms with Gasteiger partial charge >= 0.3 is 0 Å². The maximum Gasteiger partial charge on any atom is 0.269 e. The number of hydrogen-bond acceptors (Lipinski definition) is 3. The molecule has 0 aliphatic heterocycles. The molecule has 1 N–H and O–H groups in total. The van der Waals surface area contributed by atoms with Crippen LogP contribution in [0.25, 0.3) is 0 Å². The lowest BCUT2D eigenvalue weighted by molar-refractivity contribution is 0.0957. The lowest BCUT2D eigenvalue weighted by Crippen LogP contribution is -2.19. The van der Waals surface area contributed by atoms with Crippen LogP contribution in [-0.4, -0.2) is 23.7 Å². The summed E-state index contributed by atoms with van der Waals surface area (Å²) in [4.78, 5) is 26.8. The van der Waals surface area contributed by atoms with Crippen LogP contribution in [-0.2, 0) is 6.42 Å². The van der Waals surface area contributed by atoms with Gasteiger partial charge in [0.15, 0.2) is 5.78 Å². The average Bonchev–Trinajstić information content (AvgIpc) is 2.47. The summed E-state index contributed by atoms with van der Waals surface area (Å²) in [6.07, 6.45) is 2.33. The molecule has 4 nitrogen and oxygen atoms in total. The fourth-order valence-electron chi connectivity index (χ4n) is 1.93. The molecule has 1 aromatic carbocycles. The quantitative estimate of drug-likeness (QED) is 0.865. The van der Waals surface area contributed by atoms with E-state index in [0.717, 1.165) is 11.1 Å². The highest BCUT2D eigenvalue weighted by Crippen LogP contribution is 2.12. The second-order valence-electron chi connectivity index (χ2n) is 4.56. The van der Waals surface area contributed by atoms with Gasteiger partial charge in [-0.3, -0.25) is 14.6 Å². The standard InChI is InChI=1S/C16H16N2O2/c1-11(19)14-5-3-12(4-6-14)9-13-7-8-18-15(10-13)16(20)17-2/h3-8,10H,9H2,1-2H3,(H,17,20). The summed E-state index contributed by atoms with van der Waals surface area (Å²) in [5, 5.41) is 2.55. The molecule has 0 radical (unpaired) electrons. The van der Waals surface area contributed by atoms with Crippen LogP contribution in [0.3, 0.4) is 0 Å². The highest BCUT2D eigenvalue weighted by molar-refractivity contribution is 5.94. The van der Waals surface area contributed by atoms with Gasteiger partial charge < -0.3 is 5.32 Å². The molecule has 1 heterocycles. The molecule has 102 valence electrons. The van der Waals surface area contributed by atoms with E-state index in [1.165, 1.54) is 0 Å². The van der Waals surface area contributed by atoms with Crippen LogP contribution in [0.15, 0.2) is 42.6 Å². The number of rotatable bonds is 4. The SMILES string of the molecule is CNC(=O)c1cc(Cc2ccc(C(C)=O)cc2)ccn1. The first kappa shape index (κ1) is 13.9. The van der Waals surface area contributed by atoms with E-state index in [-0.39, 0.29) is 11.7 Å². The zero-order valence-corrected chi connectivity index (χ0v) is 11.5. The summed E-state index contributed by atoms with van der Waals surface area (Å²) < 4.78 is 0. The molecule has 0 saturated heterocycles. The van der Waals surface area contributed by atoms with Gasteiger partial charge in [-0.05, 0) is 36.6 Å². The Morgan fingerprint density at radius 1 is 1.10 bits per heavy atom. The third kappa shape index (κ3) is 3.29. The molecule has 0 aliphatic carbocycles. The first-order valence-corrected chi connectivity index (χ1v) is 6.37. The number of nitrogens with one attached hydrogen (secondary N) is 1. The van der Waals surface area contributed by atoms with Gasteiger partial charge in [0.05, 0.1) is 0 Å². The molecule has 0 bridgehead atoms. The lowest BCUT2D eigenvalue weighted by atomic mass is 10.0. The van der Waals surface area contributed by atoms with Gasteiger partial charge in [-0.1, -0.05) is 24.3 Å². The first-order chi connectivity index (χ1) is 9.60. The Bertz CT molecular complexity index is 633. The number of benzene rings is 1. The number of Topliss-reactive ketones (excluding diaryl/α,β-unsaturated/α-hetero) is 1. The van der Waals surface area contributed by atoms with Gasteiger partial charge in [-0.25, -0.2) is 0 Å². The molecule has 0 unspecified atom stereocenters. The molecule has 4 heteroatoms. The van der Waals surface area contributed by atoms with Gasteiger partial charge in [-0.2, -0.15) is 0 Å². The second kappa shape index (κ2) is 6.10. The minimum atomic E-state index is -0.196. The molecule has 20 heavy (non-hydrogen) atoms. The Morgan fingerprint density at radius 2 is 1.80 bits per heavy atom. The Kier molecular flexibility index (Phi) is 4.25. The van der Waals surface area contributed by atoms with Gasteiger partial charge in [0.2, 0.25) is 0 Å². The summed E-state index contributed by atoms with van der Waals surface area (Å²) >= 11 is 0. The Labute approximate surface area is 117 Å². The van der Waals surface area contributed by atoms with E-state index in [1.54, 1.807) is 26.2 Å². The fourth-order valence-corrected chi connectivity index (χ4v) is 1.93. The maximum atomic E-state index is 11.5. The minimum Gasteiger partial charge on any atom is -0.354 e. The minimum absolute atomic E-state index is 0.0577. The summed E-state index contributed by atoms with van der Waals surface area (Å²) in [6.45, 7) is 1.55. The van der Waals surface area contributed by atoms with Crippen molar-refractivity contribution in [3.05, 3.63) is 65.0 Å². The second-order valence-corrected chi connectivity index (χ2v) is 4.56. The Balaban J connectivity index is 2.17. The number of ketones is 1. The zero-order valence-electron chi connectivity index (χ0n) is 11.5. The van der Waals surface area contributed by atoms with Crippen molar-refractivity contribution in [1.82, 2.24) is 10.3 Å². The fraction of sp³-hybridized carbons (Fsp3) is 0.188. The zero-order chi connectivity index (χ0) is 14.5. The van der Waals surface area contributed by atoms with Crippen LogP contribution in [0.2, 0.25) is 0 Å². The molecule has 1 aromatic heterocycles. The van der Waals surface area contributed by atoms with Gasteiger partial charge in [0, 0.05) is 18.8 Å². The smallest absolute Gasteiger partial charge is 0.269 e. The molecule has 0 fully saturated rings. The largest absolute Gasteiger partial charge is 0.354 e. The van der Waals surface area contributed by atoms with E-state index in [0.29, 0.717) is 17.7 Å². The monoisotopic (exact) mass is 268 g/mol. The Hall–Kier alpha value is -2.49. The number of carbonyl (C=O) groups is 2. The Morgan fingerprint density at radius 3 is 2.40 bits per heavy atom. The van der Waals surface area contributed by atoms with Crippen molar-refractivity contribution < 1.29 is 9.59 Å². The molecule has 0 atom stereocenters. The van der Waals surface area contributed by atoms with Crippen molar-refractivity contribution in [3.63, 3.8) is 0 Å². The molecule has 1 amide bonds. The van der Waals surface area contributed by atoms with Crippen molar-refractivity contribution in [2.75, 3.05) is 7.05 Å². The van der Waals surface area contributed by atoms with E-state index in [4.69, 9.17) is 0 Å². The molecule has 0 saturated carbocycles. The van der Waals surface area contributed by atoms with Crippen LogP contribution in [0, 0.1) is 0 Å². The van der Waals surface area contributed by atoms with E-state index in [1.807, 2.05) is 30.3 Å². The number of hydrogen-bond donors (Lipinski definition) is 1.